The maximum Gasteiger partial charge on any atom is 0.264 e. The molecule has 2 aliphatic rings. The van der Waals surface area contributed by atoms with Crippen molar-refractivity contribution in [3.8, 4) is 5.75 Å². The summed E-state index contributed by atoms with van der Waals surface area (Å²) in [6, 6.07) is 10.6. The first kappa shape index (κ1) is 20.3. The SMILES string of the molecule is O=Cc1ccccc1OCCNc1cccc2c1C(=O)N(C1CCC(=O)NC1=O)C2=O. The summed E-state index contributed by atoms with van der Waals surface area (Å²) >= 11 is 0. The van der Waals surface area contributed by atoms with Gasteiger partial charge in [0.1, 0.15) is 18.4 Å². The predicted octanol–water partition coefficient (Wildman–Crippen LogP) is 1.39. The molecule has 0 radical (unpaired) electrons. The number of piperidine rings is 1. The molecule has 9 nitrogen and oxygen atoms in total. The topological polar surface area (TPSA) is 122 Å². The van der Waals surface area contributed by atoms with Crippen LogP contribution in [0.15, 0.2) is 42.5 Å². The van der Waals surface area contributed by atoms with Crippen molar-refractivity contribution < 1.29 is 28.7 Å². The van der Waals surface area contributed by atoms with E-state index in [0.29, 0.717) is 29.8 Å². The average molecular weight is 421 g/mol. The molecule has 2 aliphatic heterocycles. The largest absolute Gasteiger partial charge is 0.491 e. The van der Waals surface area contributed by atoms with Crippen molar-refractivity contribution in [1.82, 2.24) is 10.2 Å². The van der Waals surface area contributed by atoms with Gasteiger partial charge in [-0.15, -0.1) is 0 Å². The summed E-state index contributed by atoms with van der Waals surface area (Å²) in [7, 11) is 0. The van der Waals surface area contributed by atoms with Crippen LogP contribution in [0.1, 0.15) is 43.9 Å². The molecule has 0 aromatic heterocycles. The van der Waals surface area contributed by atoms with Gasteiger partial charge in [0.15, 0.2) is 6.29 Å². The first-order valence-electron chi connectivity index (χ1n) is 9.76. The molecule has 2 aromatic carbocycles. The average Bonchev–Trinajstić information content (AvgIpc) is 3.02. The van der Waals surface area contributed by atoms with Crippen LogP contribution in [0, 0.1) is 0 Å². The first-order chi connectivity index (χ1) is 15.0. The van der Waals surface area contributed by atoms with E-state index in [4.69, 9.17) is 4.74 Å². The minimum Gasteiger partial charge on any atom is -0.491 e. The molecular weight excluding hydrogens is 402 g/mol. The summed E-state index contributed by atoms with van der Waals surface area (Å²) in [5, 5.41) is 5.25. The van der Waals surface area contributed by atoms with Gasteiger partial charge in [0.25, 0.3) is 11.8 Å². The van der Waals surface area contributed by atoms with Crippen LogP contribution >= 0.6 is 0 Å². The highest BCUT2D eigenvalue weighted by Gasteiger charge is 2.45. The fourth-order valence-electron chi connectivity index (χ4n) is 3.72. The fraction of sp³-hybridized carbons (Fsp3) is 0.227. The third-order valence-electron chi connectivity index (χ3n) is 5.19. The molecule has 158 valence electrons. The van der Waals surface area contributed by atoms with E-state index < -0.39 is 29.7 Å². The Hall–Kier alpha value is -4.01. The molecule has 1 atom stereocenters. The summed E-state index contributed by atoms with van der Waals surface area (Å²) in [4.78, 5) is 61.4. The van der Waals surface area contributed by atoms with Crippen LogP contribution in [-0.2, 0) is 9.59 Å². The van der Waals surface area contributed by atoms with Gasteiger partial charge < -0.3 is 10.1 Å². The van der Waals surface area contributed by atoms with Gasteiger partial charge in [-0.2, -0.15) is 0 Å². The summed E-state index contributed by atoms with van der Waals surface area (Å²) < 4.78 is 5.62. The summed E-state index contributed by atoms with van der Waals surface area (Å²) in [5.74, 6) is -1.76. The molecule has 1 unspecified atom stereocenters. The van der Waals surface area contributed by atoms with E-state index >= 15 is 0 Å². The van der Waals surface area contributed by atoms with Crippen LogP contribution in [0.25, 0.3) is 0 Å². The molecule has 0 bridgehead atoms. The lowest BCUT2D eigenvalue weighted by Crippen LogP contribution is -2.54. The quantitative estimate of drug-likeness (QED) is 0.394. The smallest absolute Gasteiger partial charge is 0.264 e. The van der Waals surface area contributed by atoms with Crippen molar-refractivity contribution in [3.05, 3.63) is 59.2 Å². The van der Waals surface area contributed by atoms with Gasteiger partial charge in [-0.05, 0) is 30.7 Å². The third-order valence-corrected chi connectivity index (χ3v) is 5.19. The van der Waals surface area contributed by atoms with Crippen LogP contribution in [0.5, 0.6) is 5.75 Å². The standard InChI is InChI=1S/C22H19N3O6/c26-12-13-4-1-2-7-17(13)31-11-10-23-15-6-3-5-14-19(15)22(30)25(21(14)29)16-8-9-18(27)24-20(16)28/h1-7,12,16,23H,8-11H2,(H,24,27,28). The van der Waals surface area contributed by atoms with Gasteiger partial charge in [-0.1, -0.05) is 18.2 Å². The first-order valence-corrected chi connectivity index (χ1v) is 9.76. The predicted molar refractivity (Wildman–Crippen MR) is 109 cm³/mol. The van der Waals surface area contributed by atoms with Crippen molar-refractivity contribution in [2.75, 3.05) is 18.5 Å². The Kier molecular flexibility index (Phi) is 5.48. The number of benzene rings is 2. The molecule has 1 saturated heterocycles. The highest BCUT2D eigenvalue weighted by atomic mass is 16.5. The molecule has 31 heavy (non-hydrogen) atoms. The lowest BCUT2D eigenvalue weighted by Gasteiger charge is -2.27. The number of ether oxygens (including phenoxy) is 1. The van der Waals surface area contributed by atoms with Gasteiger partial charge in [0.2, 0.25) is 11.8 Å². The molecule has 0 aliphatic carbocycles. The zero-order valence-electron chi connectivity index (χ0n) is 16.4. The number of carbonyl (C=O) groups excluding carboxylic acids is 5. The van der Waals surface area contributed by atoms with Crippen molar-refractivity contribution >= 4 is 35.6 Å². The number of hydrogen-bond acceptors (Lipinski definition) is 7. The molecule has 2 heterocycles. The second-order valence-electron chi connectivity index (χ2n) is 7.11. The van der Waals surface area contributed by atoms with E-state index in [1.807, 2.05) is 0 Å². The fourth-order valence-corrected chi connectivity index (χ4v) is 3.72. The van der Waals surface area contributed by atoms with Gasteiger partial charge in [-0.3, -0.25) is 34.2 Å². The summed E-state index contributed by atoms with van der Waals surface area (Å²) in [6.45, 7) is 0.525. The molecule has 4 amide bonds. The van der Waals surface area contributed by atoms with E-state index in [1.165, 1.54) is 6.07 Å². The van der Waals surface area contributed by atoms with Crippen molar-refractivity contribution in [2.45, 2.75) is 18.9 Å². The van der Waals surface area contributed by atoms with E-state index in [0.717, 1.165) is 4.90 Å². The van der Waals surface area contributed by atoms with Gasteiger partial charge in [0.05, 0.1) is 16.7 Å². The summed E-state index contributed by atoms with van der Waals surface area (Å²) in [6.07, 6.45) is 0.873. The van der Waals surface area contributed by atoms with Crippen molar-refractivity contribution in [3.63, 3.8) is 0 Å². The monoisotopic (exact) mass is 421 g/mol. The van der Waals surface area contributed by atoms with E-state index in [9.17, 15) is 24.0 Å². The Morgan fingerprint density at radius 2 is 1.87 bits per heavy atom. The highest BCUT2D eigenvalue weighted by Crippen LogP contribution is 2.32. The Morgan fingerprint density at radius 1 is 1.06 bits per heavy atom. The third kappa shape index (κ3) is 3.77. The van der Waals surface area contributed by atoms with Crippen LogP contribution in [-0.4, -0.2) is 54.0 Å². The molecule has 0 saturated carbocycles. The Balaban J connectivity index is 1.46. The summed E-state index contributed by atoms with van der Waals surface area (Å²) in [5.41, 5.74) is 1.26. The van der Waals surface area contributed by atoms with E-state index in [-0.39, 0.29) is 30.6 Å². The normalized spacial score (nSPS) is 17.9. The Bertz CT molecular complexity index is 1100. The van der Waals surface area contributed by atoms with Crippen molar-refractivity contribution in [2.24, 2.45) is 0 Å². The number of nitrogens with one attached hydrogen (secondary N) is 2. The number of anilines is 1. The number of amides is 4. The number of hydrogen-bond donors (Lipinski definition) is 2. The lowest BCUT2D eigenvalue weighted by atomic mass is 10.0. The Labute approximate surface area is 177 Å². The minimum atomic E-state index is -1.01. The second kappa shape index (κ2) is 8.39. The van der Waals surface area contributed by atoms with Crippen LogP contribution in [0.4, 0.5) is 5.69 Å². The molecule has 9 heteroatoms. The lowest BCUT2D eigenvalue weighted by molar-refractivity contribution is -0.136. The maximum atomic E-state index is 13.0. The molecule has 4 rings (SSSR count). The molecule has 0 spiro atoms. The van der Waals surface area contributed by atoms with Crippen LogP contribution in [0.3, 0.4) is 0 Å². The number of aldehydes is 1. The van der Waals surface area contributed by atoms with E-state index in [2.05, 4.69) is 10.6 Å². The molecule has 1 fully saturated rings. The number of para-hydroxylation sites is 1. The molecular formula is C22H19N3O6. The zero-order valence-corrected chi connectivity index (χ0v) is 16.4. The maximum absolute atomic E-state index is 13.0. The number of fused-ring (bicyclic) bond motifs is 1. The Morgan fingerprint density at radius 3 is 2.65 bits per heavy atom. The van der Waals surface area contributed by atoms with Gasteiger partial charge in [0, 0.05) is 18.7 Å². The zero-order chi connectivity index (χ0) is 22.0. The van der Waals surface area contributed by atoms with E-state index in [1.54, 1.807) is 36.4 Å². The molecule has 2 N–H and O–H groups in total. The van der Waals surface area contributed by atoms with Gasteiger partial charge in [-0.25, -0.2) is 0 Å². The number of rotatable bonds is 7. The van der Waals surface area contributed by atoms with Crippen molar-refractivity contribution in [1.29, 1.82) is 0 Å². The number of nitrogens with zero attached hydrogens (tertiary/aromatic N) is 1. The van der Waals surface area contributed by atoms with Crippen LogP contribution in [0.2, 0.25) is 0 Å². The number of imide groups is 2. The number of carbonyl (C=O) groups is 5. The van der Waals surface area contributed by atoms with Crippen LogP contribution < -0.4 is 15.4 Å². The minimum absolute atomic E-state index is 0.0640. The molecule has 2 aromatic rings. The van der Waals surface area contributed by atoms with Gasteiger partial charge >= 0.3 is 0 Å². The second-order valence-corrected chi connectivity index (χ2v) is 7.11. The highest BCUT2D eigenvalue weighted by molar-refractivity contribution is 6.25.